The Kier molecular flexibility index (Phi) is 6.26. The molecule has 0 spiro atoms. The van der Waals surface area contributed by atoms with Gasteiger partial charge in [-0.2, -0.15) is 0 Å². The molecule has 0 fully saturated rings. The molecule has 0 unspecified atom stereocenters. The maximum absolute atomic E-state index is 14.2. The zero-order chi connectivity index (χ0) is 23.5. The molecule has 0 saturated carbocycles. The summed E-state index contributed by atoms with van der Waals surface area (Å²) < 4.78 is 14.2. The van der Waals surface area contributed by atoms with Crippen LogP contribution in [0.25, 0.3) is 10.9 Å². The van der Waals surface area contributed by atoms with Crippen molar-refractivity contribution in [3.8, 4) is 0 Å². The average molecular weight is 447 g/mol. The molecule has 2 aromatic carbocycles. The van der Waals surface area contributed by atoms with E-state index in [0.29, 0.717) is 35.8 Å². The van der Waals surface area contributed by atoms with E-state index in [1.807, 2.05) is 45.0 Å². The Labute approximate surface area is 191 Å². The van der Waals surface area contributed by atoms with Gasteiger partial charge in [0.1, 0.15) is 23.3 Å². The Morgan fingerprint density at radius 1 is 1.03 bits per heavy atom. The largest absolute Gasteiger partial charge is 0.370 e. The van der Waals surface area contributed by atoms with Gasteiger partial charge in [0, 0.05) is 35.8 Å². The number of nitrogens with two attached hydrogens (primary N) is 1. The van der Waals surface area contributed by atoms with Gasteiger partial charge in [0.25, 0.3) is 0 Å². The molecule has 0 bridgehead atoms. The highest BCUT2D eigenvalue weighted by Crippen LogP contribution is 2.28. The van der Waals surface area contributed by atoms with Crippen molar-refractivity contribution in [3.05, 3.63) is 82.1 Å². The number of carbonyl (C=O) groups is 1. The summed E-state index contributed by atoms with van der Waals surface area (Å²) in [5, 5.41) is 7.60. The maximum atomic E-state index is 14.2. The number of aromatic amines is 1. The van der Waals surface area contributed by atoms with Crippen LogP contribution in [-0.2, 0) is 13.0 Å². The van der Waals surface area contributed by atoms with Crippen molar-refractivity contribution in [2.45, 2.75) is 33.7 Å². The molecular formula is C25H27FN6O. The van der Waals surface area contributed by atoms with E-state index in [9.17, 15) is 9.18 Å². The van der Waals surface area contributed by atoms with Crippen molar-refractivity contribution in [3.63, 3.8) is 0 Å². The van der Waals surface area contributed by atoms with Crippen molar-refractivity contribution in [2.24, 2.45) is 5.73 Å². The molecule has 0 radical (unpaired) electrons. The van der Waals surface area contributed by atoms with Crippen LogP contribution in [0.2, 0.25) is 0 Å². The topological polar surface area (TPSA) is 109 Å². The van der Waals surface area contributed by atoms with E-state index in [1.165, 1.54) is 6.07 Å². The number of amides is 1. The zero-order valence-corrected chi connectivity index (χ0v) is 18.9. The monoisotopic (exact) mass is 446 g/mol. The number of aryl methyl sites for hydroxylation is 3. The quantitative estimate of drug-likeness (QED) is 0.321. The highest BCUT2D eigenvalue weighted by atomic mass is 19.1. The minimum atomic E-state index is -0.445. The molecule has 8 heteroatoms. The first-order chi connectivity index (χ1) is 15.8. The summed E-state index contributed by atoms with van der Waals surface area (Å²) in [6.07, 6.45) is 0.730. The van der Waals surface area contributed by atoms with Gasteiger partial charge in [-0.3, -0.25) is 4.79 Å². The summed E-state index contributed by atoms with van der Waals surface area (Å²) in [7, 11) is 0. The summed E-state index contributed by atoms with van der Waals surface area (Å²) in [5.74, 6) is 1.39. The van der Waals surface area contributed by atoms with Crippen LogP contribution < -0.4 is 16.4 Å². The molecular weight excluding hydrogens is 419 g/mol. The van der Waals surface area contributed by atoms with Crippen LogP contribution in [0.3, 0.4) is 0 Å². The number of nitrogens with one attached hydrogen (secondary N) is 3. The van der Waals surface area contributed by atoms with E-state index in [0.717, 1.165) is 40.0 Å². The number of hydrogen-bond acceptors (Lipinski definition) is 5. The van der Waals surface area contributed by atoms with Crippen LogP contribution in [0.1, 0.15) is 38.6 Å². The Balaban J connectivity index is 1.41. The van der Waals surface area contributed by atoms with Gasteiger partial charge < -0.3 is 21.4 Å². The van der Waals surface area contributed by atoms with E-state index in [-0.39, 0.29) is 5.82 Å². The van der Waals surface area contributed by atoms with E-state index < -0.39 is 5.91 Å². The number of fused-ring (bicyclic) bond motifs is 1. The lowest BCUT2D eigenvalue weighted by Crippen LogP contribution is -2.11. The highest BCUT2D eigenvalue weighted by Gasteiger charge is 2.14. The fourth-order valence-corrected chi connectivity index (χ4v) is 4.00. The molecule has 33 heavy (non-hydrogen) atoms. The molecule has 170 valence electrons. The first kappa shape index (κ1) is 22.3. The SMILES string of the molecule is Cc1nc(NCCc2c(C)[nH]c3c(F)ccc(C)c23)cc(NCc2ccc(C(N)=O)cc2)n1. The van der Waals surface area contributed by atoms with Gasteiger partial charge in [0.05, 0.1) is 5.52 Å². The van der Waals surface area contributed by atoms with Gasteiger partial charge in [-0.1, -0.05) is 18.2 Å². The number of nitrogens with zero attached hydrogens (tertiary/aromatic N) is 2. The standard InChI is InChI=1S/C25H27FN6O/c1-14-4-9-20(26)24-23(14)19(15(2)30-24)10-11-28-21-12-22(32-16(3)31-21)29-13-17-5-7-18(8-6-17)25(27)33/h4-9,12,30H,10-11,13H2,1-3H3,(H2,27,33)(H2,28,29,31,32). The second kappa shape index (κ2) is 9.28. The van der Waals surface area contributed by atoms with Crippen LogP contribution in [0.4, 0.5) is 16.0 Å². The zero-order valence-electron chi connectivity index (χ0n) is 18.9. The van der Waals surface area contributed by atoms with E-state index in [4.69, 9.17) is 5.73 Å². The first-order valence-electron chi connectivity index (χ1n) is 10.8. The van der Waals surface area contributed by atoms with E-state index in [2.05, 4.69) is 25.6 Å². The van der Waals surface area contributed by atoms with Crippen LogP contribution in [0.15, 0.2) is 42.5 Å². The number of benzene rings is 2. The maximum Gasteiger partial charge on any atom is 0.248 e. The Morgan fingerprint density at radius 2 is 1.73 bits per heavy atom. The highest BCUT2D eigenvalue weighted by molar-refractivity contribution is 5.92. The number of H-pyrrole nitrogens is 1. The normalized spacial score (nSPS) is 11.0. The Hall–Kier alpha value is -3.94. The summed E-state index contributed by atoms with van der Waals surface area (Å²) >= 11 is 0. The summed E-state index contributed by atoms with van der Waals surface area (Å²) in [6.45, 7) is 7.01. The van der Waals surface area contributed by atoms with Crippen molar-refractivity contribution >= 4 is 28.4 Å². The van der Waals surface area contributed by atoms with Crippen molar-refractivity contribution in [2.75, 3.05) is 17.2 Å². The second-order valence-corrected chi connectivity index (χ2v) is 8.12. The smallest absolute Gasteiger partial charge is 0.248 e. The lowest BCUT2D eigenvalue weighted by atomic mass is 10.0. The molecule has 0 aliphatic carbocycles. The number of anilines is 2. The third-order valence-corrected chi connectivity index (χ3v) is 5.66. The van der Waals surface area contributed by atoms with E-state index >= 15 is 0 Å². The number of halogens is 1. The van der Waals surface area contributed by atoms with Gasteiger partial charge >= 0.3 is 0 Å². The number of hydrogen-bond donors (Lipinski definition) is 4. The number of carbonyl (C=O) groups excluding carboxylic acids is 1. The molecule has 0 aliphatic heterocycles. The lowest BCUT2D eigenvalue weighted by Gasteiger charge is -2.11. The molecule has 5 N–H and O–H groups in total. The third-order valence-electron chi connectivity index (χ3n) is 5.66. The number of primary amides is 1. The van der Waals surface area contributed by atoms with Crippen molar-refractivity contribution < 1.29 is 9.18 Å². The fourth-order valence-electron chi connectivity index (χ4n) is 4.00. The molecule has 2 heterocycles. The number of aromatic nitrogens is 3. The predicted molar refractivity (Wildman–Crippen MR) is 129 cm³/mol. The van der Waals surface area contributed by atoms with Crippen LogP contribution in [0, 0.1) is 26.6 Å². The first-order valence-corrected chi connectivity index (χ1v) is 10.8. The molecule has 0 saturated heterocycles. The molecule has 4 rings (SSSR count). The lowest BCUT2D eigenvalue weighted by molar-refractivity contribution is 0.100. The summed E-state index contributed by atoms with van der Waals surface area (Å²) in [5.41, 5.74) is 10.5. The average Bonchev–Trinajstić information content (AvgIpc) is 3.12. The van der Waals surface area contributed by atoms with Crippen molar-refractivity contribution in [1.82, 2.24) is 15.0 Å². The van der Waals surface area contributed by atoms with Gasteiger partial charge in [-0.15, -0.1) is 0 Å². The fraction of sp³-hybridized carbons (Fsp3) is 0.240. The van der Waals surface area contributed by atoms with Crippen LogP contribution in [-0.4, -0.2) is 27.4 Å². The number of rotatable bonds is 8. The molecule has 2 aromatic heterocycles. The molecule has 0 atom stereocenters. The predicted octanol–water partition coefficient (Wildman–Crippen LogP) is 4.39. The summed E-state index contributed by atoms with van der Waals surface area (Å²) in [6, 6.07) is 12.3. The van der Waals surface area contributed by atoms with Crippen LogP contribution in [0.5, 0.6) is 0 Å². The molecule has 1 amide bonds. The molecule has 4 aromatic rings. The van der Waals surface area contributed by atoms with Crippen molar-refractivity contribution in [1.29, 1.82) is 0 Å². The molecule has 7 nitrogen and oxygen atoms in total. The van der Waals surface area contributed by atoms with Gasteiger partial charge in [-0.25, -0.2) is 14.4 Å². The van der Waals surface area contributed by atoms with E-state index in [1.54, 1.807) is 12.1 Å². The minimum Gasteiger partial charge on any atom is -0.370 e. The van der Waals surface area contributed by atoms with Crippen LogP contribution >= 0.6 is 0 Å². The Bertz CT molecular complexity index is 1310. The van der Waals surface area contributed by atoms with Gasteiger partial charge in [0.15, 0.2) is 0 Å². The second-order valence-electron chi connectivity index (χ2n) is 8.12. The van der Waals surface area contributed by atoms with Gasteiger partial charge in [0.2, 0.25) is 5.91 Å². The minimum absolute atomic E-state index is 0.232. The third kappa shape index (κ3) is 4.95. The summed E-state index contributed by atoms with van der Waals surface area (Å²) in [4.78, 5) is 23.3. The van der Waals surface area contributed by atoms with Gasteiger partial charge in [-0.05, 0) is 62.1 Å². The Morgan fingerprint density at radius 3 is 2.42 bits per heavy atom. The molecule has 0 aliphatic rings.